The van der Waals surface area contributed by atoms with Crippen molar-refractivity contribution in [2.24, 2.45) is 0 Å². The molecule has 1 aliphatic rings. The molecule has 1 N–H and O–H groups in total. The number of amides is 1. The van der Waals surface area contributed by atoms with Gasteiger partial charge in [0, 0.05) is 24.9 Å². The maximum atomic E-state index is 12.2. The standard InChI is InChI=1S/C22H28N4O3/c1-16-13-18(25-22(24-16)26-11-5-4-6-12-26)15-23-21(27)10-8-17-7-9-19(28-2)20(14-17)29-3/h7-10,13-14H,4-6,11-12,15H2,1-3H3,(H,23,27). The lowest BCUT2D eigenvalue weighted by molar-refractivity contribution is -0.116. The number of nitrogens with zero attached hydrogens (tertiary/aromatic N) is 3. The lowest BCUT2D eigenvalue weighted by atomic mass is 10.1. The molecule has 0 unspecified atom stereocenters. The Morgan fingerprint density at radius 2 is 1.86 bits per heavy atom. The quantitative estimate of drug-likeness (QED) is 0.725. The van der Waals surface area contributed by atoms with Crippen molar-refractivity contribution in [3.63, 3.8) is 0 Å². The maximum Gasteiger partial charge on any atom is 0.244 e. The number of ether oxygens (including phenoxy) is 2. The Balaban J connectivity index is 1.60. The SMILES string of the molecule is COc1ccc(C=CC(=O)NCc2cc(C)nc(N3CCCCC3)n2)cc1OC. The fourth-order valence-corrected chi connectivity index (χ4v) is 3.31. The van der Waals surface area contributed by atoms with Crippen molar-refractivity contribution in [1.82, 2.24) is 15.3 Å². The Hall–Kier alpha value is -3.09. The van der Waals surface area contributed by atoms with Gasteiger partial charge in [0.15, 0.2) is 11.5 Å². The predicted molar refractivity (Wildman–Crippen MR) is 113 cm³/mol. The molecule has 7 heteroatoms. The van der Waals surface area contributed by atoms with E-state index in [9.17, 15) is 4.79 Å². The van der Waals surface area contributed by atoms with Gasteiger partial charge in [-0.3, -0.25) is 4.79 Å². The van der Waals surface area contributed by atoms with Crippen LogP contribution in [0.1, 0.15) is 36.2 Å². The third kappa shape index (κ3) is 5.70. The fourth-order valence-electron chi connectivity index (χ4n) is 3.31. The van der Waals surface area contributed by atoms with Gasteiger partial charge in [-0.1, -0.05) is 6.07 Å². The van der Waals surface area contributed by atoms with Gasteiger partial charge >= 0.3 is 0 Å². The molecule has 29 heavy (non-hydrogen) atoms. The largest absolute Gasteiger partial charge is 0.493 e. The molecule has 0 atom stereocenters. The number of aromatic nitrogens is 2. The summed E-state index contributed by atoms with van der Waals surface area (Å²) in [4.78, 5) is 23.6. The summed E-state index contributed by atoms with van der Waals surface area (Å²) in [6.45, 7) is 4.29. The summed E-state index contributed by atoms with van der Waals surface area (Å²) in [5.41, 5.74) is 2.57. The predicted octanol–water partition coefficient (Wildman–Crippen LogP) is 3.12. The number of hydrogen-bond donors (Lipinski definition) is 1. The number of piperidine rings is 1. The Bertz CT molecular complexity index is 876. The molecule has 1 fully saturated rings. The monoisotopic (exact) mass is 396 g/mol. The van der Waals surface area contributed by atoms with Gasteiger partial charge < -0.3 is 19.7 Å². The van der Waals surface area contributed by atoms with Crippen LogP contribution in [0.2, 0.25) is 0 Å². The van der Waals surface area contributed by atoms with Gasteiger partial charge in [-0.2, -0.15) is 0 Å². The minimum Gasteiger partial charge on any atom is -0.493 e. The molecule has 0 radical (unpaired) electrons. The summed E-state index contributed by atoms with van der Waals surface area (Å²) >= 11 is 0. The fraction of sp³-hybridized carbons (Fsp3) is 0.409. The Labute approximate surface area is 171 Å². The van der Waals surface area contributed by atoms with E-state index in [1.54, 1.807) is 20.3 Å². The molecule has 1 saturated heterocycles. The van der Waals surface area contributed by atoms with Gasteiger partial charge in [-0.25, -0.2) is 9.97 Å². The van der Waals surface area contributed by atoms with Crippen LogP contribution in [0.15, 0.2) is 30.3 Å². The van der Waals surface area contributed by atoms with E-state index in [1.807, 2.05) is 31.2 Å². The van der Waals surface area contributed by atoms with E-state index in [0.717, 1.165) is 36.0 Å². The summed E-state index contributed by atoms with van der Waals surface area (Å²) in [6.07, 6.45) is 6.84. The van der Waals surface area contributed by atoms with Crippen LogP contribution < -0.4 is 19.7 Å². The zero-order chi connectivity index (χ0) is 20.6. The van der Waals surface area contributed by atoms with E-state index in [4.69, 9.17) is 9.47 Å². The molecular weight excluding hydrogens is 368 g/mol. The van der Waals surface area contributed by atoms with Crippen LogP contribution in [0.3, 0.4) is 0 Å². The van der Waals surface area contributed by atoms with Crippen LogP contribution in [-0.4, -0.2) is 43.2 Å². The summed E-state index contributed by atoms with van der Waals surface area (Å²) < 4.78 is 10.5. The summed E-state index contributed by atoms with van der Waals surface area (Å²) in [5.74, 6) is 1.85. The smallest absolute Gasteiger partial charge is 0.244 e. The molecule has 7 nitrogen and oxygen atoms in total. The van der Waals surface area contributed by atoms with Crippen LogP contribution in [0, 0.1) is 6.92 Å². The molecule has 2 aromatic rings. The van der Waals surface area contributed by atoms with E-state index < -0.39 is 0 Å². The molecule has 0 saturated carbocycles. The highest BCUT2D eigenvalue weighted by atomic mass is 16.5. The molecular formula is C22H28N4O3. The highest BCUT2D eigenvalue weighted by molar-refractivity contribution is 5.91. The third-order valence-electron chi connectivity index (χ3n) is 4.81. The average molecular weight is 396 g/mol. The van der Waals surface area contributed by atoms with Gasteiger partial charge in [0.1, 0.15) is 0 Å². The van der Waals surface area contributed by atoms with Gasteiger partial charge in [0.05, 0.1) is 26.5 Å². The van der Waals surface area contributed by atoms with Gasteiger partial charge in [-0.05, 0) is 56.0 Å². The second kappa shape index (κ2) is 9.91. The molecule has 1 aromatic carbocycles. The van der Waals surface area contributed by atoms with Crippen molar-refractivity contribution in [2.75, 3.05) is 32.2 Å². The Morgan fingerprint density at radius 1 is 1.10 bits per heavy atom. The van der Waals surface area contributed by atoms with Crippen molar-refractivity contribution in [3.8, 4) is 11.5 Å². The average Bonchev–Trinajstić information content (AvgIpc) is 2.76. The van der Waals surface area contributed by atoms with Crippen molar-refractivity contribution in [1.29, 1.82) is 0 Å². The van der Waals surface area contributed by atoms with Crippen LogP contribution in [0.4, 0.5) is 5.95 Å². The Kier molecular flexibility index (Phi) is 7.05. The molecule has 0 bridgehead atoms. The highest BCUT2D eigenvalue weighted by Gasteiger charge is 2.14. The minimum absolute atomic E-state index is 0.185. The number of rotatable bonds is 7. The van der Waals surface area contributed by atoms with E-state index in [1.165, 1.54) is 25.3 Å². The first kappa shape index (κ1) is 20.6. The summed E-state index contributed by atoms with van der Waals surface area (Å²) in [5, 5.41) is 2.89. The molecule has 154 valence electrons. The second-order valence-corrected chi connectivity index (χ2v) is 7.01. The third-order valence-corrected chi connectivity index (χ3v) is 4.81. The lowest BCUT2D eigenvalue weighted by Gasteiger charge is -2.27. The van der Waals surface area contributed by atoms with Crippen LogP contribution in [0.5, 0.6) is 11.5 Å². The topological polar surface area (TPSA) is 76.6 Å². The number of methoxy groups -OCH3 is 2. The van der Waals surface area contributed by atoms with Crippen LogP contribution >= 0.6 is 0 Å². The first-order valence-corrected chi connectivity index (χ1v) is 9.86. The van der Waals surface area contributed by atoms with Gasteiger partial charge in [0.25, 0.3) is 0 Å². The number of carbonyl (C=O) groups excluding carboxylic acids is 1. The van der Waals surface area contributed by atoms with Crippen molar-refractivity contribution >= 4 is 17.9 Å². The molecule has 0 aliphatic carbocycles. The first-order chi connectivity index (χ1) is 14.1. The van der Waals surface area contributed by atoms with Crippen molar-refractivity contribution in [2.45, 2.75) is 32.7 Å². The number of anilines is 1. The molecule has 1 amide bonds. The normalized spacial score (nSPS) is 14.1. The highest BCUT2D eigenvalue weighted by Crippen LogP contribution is 2.27. The lowest BCUT2D eigenvalue weighted by Crippen LogP contribution is -2.31. The number of aryl methyl sites for hydroxylation is 1. The summed E-state index contributed by atoms with van der Waals surface area (Å²) in [7, 11) is 3.17. The second-order valence-electron chi connectivity index (χ2n) is 7.01. The molecule has 3 rings (SSSR count). The van der Waals surface area contributed by atoms with E-state index in [2.05, 4.69) is 20.2 Å². The van der Waals surface area contributed by atoms with E-state index in [-0.39, 0.29) is 5.91 Å². The first-order valence-electron chi connectivity index (χ1n) is 9.86. The van der Waals surface area contributed by atoms with Crippen molar-refractivity contribution in [3.05, 3.63) is 47.3 Å². The summed E-state index contributed by atoms with van der Waals surface area (Å²) in [6, 6.07) is 7.40. The van der Waals surface area contributed by atoms with E-state index in [0.29, 0.717) is 18.0 Å². The minimum atomic E-state index is -0.185. The maximum absolute atomic E-state index is 12.2. The number of hydrogen-bond acceptors (Lipinski definition) is 6. The zero-order valence-corrected chi connectivity index (χ0v) is 17.3. The van der Waals surface area contributed by atoms with Gasteiger partial charge in [0.2, 0.25) is 11.9 Å². The van der Waals surface area contributed by atoms with Crippen LogP contribution in [-0.2, 0) is 11.3 Å². The zero-order valence-electron chi connectivity index (χ0n) is 17.3. The molecule has 2 heterocycles. The van der Waals surface area contributed by atoms with E-state index >= 15 is 0 Å². The molecule has 1 aliphatic heterocycles. The number of nitrogens with one attached hydrogen (secondary N) is 1. The number of carbonyl (C=O) groups is 1. The number of benzene rings is 1. The van der Waals surface area contributed by atoms with Crippen LogP contribution in [0.25, 0.3) is 6.08 Å². The van der Waals surface area contributed by atoms with Gasteiger partial charge in [-0.15, -0.1) is 0 Å². The molecule has 1 aromatic heterocycles. The molecule has 0 spiro atoms. The van der Waals surface area contributed by atoms with Crippen molar-refractivity contribution < 1.29 is 14.3 Å². The Morgan fingerprint density at radius 3 is 2.59 bits per heavy atom.